The molecule has 0 radical (unpaired) electrons. The van der Waals surface area contributed by atoms with E-state index in [0.717, 1.165) is 0 Å². The molecular formula is C5H6O5. The quantitative estimate of drug-likeness (QED) is 0.523. The number of hydrogen-bond donors (Lipinski definition) is 2. The molecule has 0 rings (SSSR count). The molecule has 0 atom stereocenters. The van der Waals surface area contributed by atoms with Crippen LogP contribution in [0.25, 0.3) is 1.43 Å². The van der Waals surface area contributed by atoms with E-state index in [9.17, 15) is 14.4 Å². The predicted octanol–water partition coefficient (Wildman–Crippen LogP) is -0.495. The van der Waals surface area contributed by atoms with Crippen LogP contribution in [0.3, 0.4) is 0 Å². The lowest BCUT2D eigenvalue weighted by Crippen LogP contribution is -2.13. The van der Waals surface area contributed by atoms with Gasteiger partial charge in [0.1, 0.15) is 0 Å². The van der Waals surface area contributed by atoms with Crippen LogP contribution >= 0.6 is 0 Å². The van der Waals surface area contributed by atoms with Gasteiger partial charge in [-0.1, -0.05) is 0 Å². The molecule has 0 aliphatic carbocycles. The van der Waals surface area contributed by atoms with E-state index in [0.29, 0.717) is 0 Å². The van der Waals surface area contributed by atoms with Crippen molar-refractivity contribution in [2.75, 3.05) is 0 Å². The lowest BCUT2D eigenvalue weighted by molar-refractivity contribution is -0.149. The van der Waals surface area contributed by atoms with E-state index >= 15 is 0 Å². The highest BCUT2D eigenvalue weighted by Crippen LogP contribution is 1.89. The van der Waals surface area contributed by atoms with Crippen LogP contribution in [-0.4, -0.2) is 27.9 Å². The fourth-order valence-corrected chi connectivity index (χ4v) is 0.323. The Hall–Kier alpha value is -1.39. The van der Waals surface area contributed by atoms with Crippen LogP contribution in [0.15, 0.2) is 0 Å². The van der Waals surface area contributed by atoms with Gasteiger partial charge < -0.3 is 10.2 Å². The highest BCUT2D eigenvalue weighted by atomic mass is 16.4. The molecule has 0 bridgehead atoms. The van der Waals surface area contributed by atoms with Gasteiger partial charge in [-0.05, 0) is 0 Å². The highest BCUT2D eigenvalue weighted by molar-refractivity contribution is 6.32. The summed E-state index contributed by atoms with van der Waals surface area (Å²) in [7, 11) is 0. The van der Waals surface area contributed by atoms with Crippen LogP contribution in [0, 0.1) is 0 Å². The number of Topliss-reactive ketones (excluding diaryl/α,β-unsaturated/α-hetero) is 1. The lowest BCUT2D eigenvalue weighted by atomic mass is 10.2. The molecule has 56 valence electrons. The lowest BCUT2D eigenvalue weighted by Gasteiger charge is -1.88. The van der Waals surface area contributed by atoms with E-state index < -0.39 is 24.1 Å². The minimum absolute atomic E-state index is 0.366. The summed E-state index contributed by atoms with van der Waals surface area (Å²) in [6.07, 6.45) is -0.790. The van der Waals surface area contributed by atoms with Crippen LogP contribution in [0.5, 0.6) is 0 Å². The summed E-state index contributed by atoms with van der Waals surface area (Å²) in [5.74, 6) is -3.56. The molecule has 0 aliphatic rings. The zero-order valence-electron chi connectivity index (χ0n) is 5.99. The molecule has 0 unspecified atom stereocenters. The van der Waals surface area contributed by atoms with Crippen molar-refractivity contribution in [3.05, 3.63) is 0 Å². The molecule has 5 heteroatoms. The van der Waals surface area contributed by atoms with Crippen molar-refractivity contribution in [1.82, 2.24) is 0 Å². The number of carboxylic acid groups (broad SMARTS) is 2. The van der Waals surface area contributed by atoms with Gasteiger partial charge in [0.2, 0.25) is 5.78 Å². The average molecular weight is 147 g/mol. The Bertz CT molecular complexity index is 187. The molecule has 2 N–H and O–H groups in total. The molecule has 5 nitrogen and oxygen atoms in total. The van der Waals surface area contributed by atoms with Crippen LogP contribution in [0.2, 0.25) is 0 Å². The van der Waals surface area contributed by atoms with Crippen molar-refractivity contribution in [2.45, 2.75) is 12.8 Å². The predicted molar refractivity (Wildman–Crippen MR) is 29.5 cm³/mol. The van der Waals surface area contributed by atoms with E-state index in [1.807, 2.05) is 0 Å². The largest absolute Gasteiger partial charge is 0.481 e. The maximum atomic E-state index is 10.3. The molecule has 10 heavy (non-hydrogen) atoms. The van der Waals surface area contributed by atoms with E-state index in [1.54, 1.807) is 0 Å². The molecule has 0 fully saturated rings. The molecule has 0 aliphatic heterocycles. The Morgan fingerprint density at radius 1 is 1.30 bits per heavy atom. The Morgan fingerprint density at radius 3 is 2.30 bits per heavy atom. The minimum Gasteiger partial charge on any atom is -0.481 e. The highest BCUT2D eigenvalue weighted by Gasteiger charge is 2.12. The third kappa shape index (κ3) is 3.59. The summed E-state index contributed by atoms with van der Waals surface area (Å²) >= 11 is 0. The van der Waals surface area contributed by atoms with Gasteiger partial charge in [-0.25, -0.2) is 4.79 Å². The number of carbonyl (C=O) groups is 3. The van der Waals surface area contributed by atoms with Crippen LogP contribution < -0.4 is 0 Å². The van der Waals surface area contributed by atoms with Gasteiger partial charge in [0.05, 0.1) is 6.42 Å². The molecule has 0 saturated heterocycles. The standard InChI is InChI=1S/C5H6O5/c6-3(5(9)10)1-2-4(7)8/h1-2H2,(H,7,8)(H,9,10)/i/hD. The minimum atomic E-state index is -1.58. The number of hydrogen-bond acceptors (Lipinski definition) is 4. The summed E-state index contributed by atoms with van der Waals surface area (Å²) < 4.78 is 6.05. The third-order valence-electron chi connectivity index (χ3n) is 0.795. The SMILES string of the molecule is [2H]OC(=O)CCC(=O)C(=O)O. The Labute approximate surface area is 57.8 Å². The van der Waals surface area contributed by atoms with Crippen LogP contribution in [0.4, 0.5) is 0 Å². The smallest absolute Gasteiger partial charge is 0.372 e. The van der Waals surface area contributed by atoms with E-state index in [4.69, 9.17) is 6.54 Å². The first-order valence-electron chi connectivity index (χ1n) is 2.91. The normalized spacial score (nSPS) is 9.80. The number of ketones is 1. The van der Waals surface area contributed by atoms with Crippen molar-refractivity contribution >= 4 is 17.7 Å². The number of rotatable bonds is 4. The van der Waals surface area contributed by atoms with Gasteiger partial charge in [0, 0.05) is 6.42 Å². The van der Waals surface area contributed by atoms with Gasteiger partial charge >= 0.3 is 11.9 Å². The van der Waals surface area contributed by atoms with Crippen molar-refractivity contribution < 1.29 is 24.6 Å². The number of aliphatic carboxylic acids is 2. The van der Waals surface area contributed by atoms with Crippen molar-refractivity contribution in [2.24, 2.45) is 0 Å². The molecule has 0 aromatic rings. The van der Waals surface area contributed by atoms with Gasteiger partial charge in [-0.2, -0.15) is 0 Å². The van der Waals surface area contributed by atoms with Crippen molar-refractivity contribution in [3.8, 4) is 0 Å². The van der Waals surface area contributed by atoms with E-state index in [1.165, 1.54) is 0 Å². The van der Waals surface area contributed by atoms with E-state index in [2.05, 4.69) is 5.11 Å². The molecule has 0 saturated carbocycles. The summed E-state index contributed by atoms with van der Waals surface area (Å²) in [5, 5.41) is 11.5. The van der Waals surface area contributed by atoms with E-state index in [-0.39, 0.29) is 6.42 Å². The number of carboxylic acids is 2. The van der Waals surface area contributed by atoms with Gasteiger partial charge in [-0.3, -0.25) is 9.59 Å². The second-order valence-corrected chi connectivity index (χ2v) is 1.60. The molecular weight excluding hydrogens is 140 g/mol. The zero-order valence-corrected chi connectivity index (χ0v) is 4.99. The Kier molecular flexibility index (Phi) is 2.42. The topological polar surface area (TPSA) is 91.7 Å². The summed E-state index contributed by atoms with van der Waals surface area (Å²) in [6.45, 7) is 0. The van der Waals surface area contributed by atoms with Crippen LogP contribution in [0.1, 0.15) is 12.8 Å². The maximum Gasteiger partial charge on any atom is 0.372 e. The van der Waals surface area contributed by atoms with Crippen molar-refractivity contribution in [3.63, 3.8) is 0 Å². The number of carbonyl (C=O) groups excluding carboxylic acids is 1. The fourth-order valence-electron chi connectivity index (χ4n) is 0.323. The molecule has 0 spiro atoms. The zero-order chi connectivity index (χ0) is 8.85. The first-order valence-corrected chi connectivity index (χ1v) is 2.50. The van der Waals surface area contributed by atoms with Crippen molar-refractivity contribution in [1.29, 1.82) is 1.43 Å². The first-order chi connectivity index (χ1) is 5.07. The molecule has 0 heterocycles. The van der Waals surface area contributed by atoms with Gasteiger partial charge in [-0.15, -0.1) is 0 Å². The van der Waals surface area contributed by atoms with Gasteiger partial charge in [0.15, 0.2) is 0 Å². The third-order valence-corrected chi connectivity index (χ3v) is 0.795. The Balaban J connectivity index is 3.63. The second-order valence-electron chi connectivity index (χ2n) is 1.60. The molecule has 0 aromatic heterocycles. The maximum absolute atomic E-state index is 10.3. The van der Waals surface area contributed by atoms with Crippen LogP contribution in [-0.2, 0) is 14.4 Å². The molecule has 0 aromatic carbocycles. The summed E-state index contributed by atoms with van der Waals surface area (Å²) in [6, 6.07) is 0. The Morgan fingerprint density at radius 2 is 1.90 bits per heavy atom. The monoisotopic (exact) mass is 147 g/mol. The fraction of sp³-hybridized carbons (Fsp3) is 0.400. The first kappa shape index (κ1) is 6.73. The van der Waals surface area contributed by atoms with Gasteiger partial charge in [0.25, 0.3) is 1.43 Å². The summed E-state index contributed by atoms with van der Waals surface area (Å²) in [5.41, 5.74) is 0. The second kappa shape index (κ2) is 3.60. The molecule has 0 amide bonds. The summed E-state index contributed by atoms with van der Waals surface area (Å²) in [4.78, 5) is 30.3. The average Bonchev–Trinajstić information content (AvgIpc) is 1.99.